The number of hydrogen-bond acceptors (Lipinski definition) is 2. The van der Waals surface area contributed by atoms with Crippen LogP contribution in [0.25, 0.3) is 0 Å². The van der Waals surface area contributed by atoms with Crippen LogP contribution in [0.15, 0.2) is 34.7 Å². The highest BCUT2D eigenvalue weighted by atomic mass is 35.5. The van der Waals surface area contributed by atoms with Gasteiger partial charge < -0.3 is 0 Å². The molecule has 1 aromatic rings. The van der Waals surface area contributed by atoms with Gasteiger partial charge in [0.15, 0.2) is 5.78 Å². The van der Waals surface area contributed by atoms with Crippen LogP contribution in [-0.2, 0) is 0 Å². The molecular formula is C11H11ClOS. The maximum atomic E-state index is 11.6. The molecule has 1 aromatic carbocycles. The predicted octanol–water partition coefficient (Wildman–Crippen LogP) is 3.62. The molecule has 0 amide bonds. The molecule has 0 radical (unpaired) electrons. The van der Waals surface area contributed by atoms with Crippen molar-refractivity contribution in [3.63, 3.8) is 0 Å². The van der Waals surface area contributed by atoms with Crippen LogP contribution < -0.4 is 0 Å². The van der Waals surface area contributed by atoms with Crippen molar-refractivity contribution in [2.45, 2.75) is 6.92 Å². The fraction of sp³-hybridized carbons (Fsp3) is 0.182. The number of hydrogen-bond donors (Lipinski definition) is 0. The van der Waals surface area contributed by atoms with E-state index < -0.39 is 0 Å². The summed E-state index contributed by atoms with van der Waals surface area (Å²) >= 11 is 7.10. The minimum Gasteiger partial charge on any atom is -0.289 e. The van der Waals surface area contributed by atoms with Crippen LogP contribution in [0.1, 0.15) is 15.9 Å². The van der Waals surface area contributed by atoms with Crippen LogP contribution in [0.3, 0.4) is 0 Å². The van der Waals surface area contributed by atoms with E-state index in [0.717, 1.165) is 5.56 Å². The van der Waals surface area contributed by atoms with E-state index in [4.69, 9.17) is 11.6 Å². The molecule has 1 rings (SSSR count). The van der Waals surface area contributed by atoms with Crippen molar-refractivity contribution < 1.29 is 4.79 Å². The molecule has 0 bridgehead atoms. The third-order valence-electron chi connectivity index (χ3n) is 1.78. The molecule has 0 unspecified atom stereocenters. The van der Waals surface area contributed by atoms with Gasteiger partial charge in [-0.15, -0.1) is 11.8 Å². The zero-order valence-electron chi connectivity index (χ0n) is 8.08. The Hall–Kier alpha value is -0.730. The number of allylic oxidation sites excluding steroid dienone is 1. The first kappa shape index (κ1) is 11.3. The molecule has 0 aliphatic heterocycles. The first-order valence-electron chi connectivity index (χ1n) is 4.15. The molecule has 0 saturated carbocycles. The lowest BCUT2D eigenvalue weighted by atomic mass is 10.1. The smallest absolute Gasteiger partial charge is 0.187 e. The molecule has 0 fully saturated rings. The van der Waals surface area contributed by atoms with E-state index >= 15 is 0 Å². The first-order valence-corrected chi connectivity index (χ1v) is 5.76. The average molecular weight is 227 g/mol. The first-order chi connectivity index (χ1) is 6.63. The Balaban J connectivity index is 2.85. The van der Waals surface area contributed by atoms with Gasteiger partial charge in [0, 0.05) is 11.6 Å². The maximum absolute atomic E-state index is 11.6. The van der Waals surface area contributed by atoms with Crippen molar-refractivity contribution in [3.8, 4) is 0 Å². The highest BCUT2D eigenvalue weighted by molar-refractivity contribution is 8.03. The van der Waals surface area contributed by atoms with Gasteiger partial charge in [0.1, 0.15) is 0 Å². The van der Waals surface area contributed by atoms with E-state index in [1.165, 1.54) is 17.8 Å². The second kappa shape index (κ2) is 5.23. The molecule has 0 atom stereocenters. The van der Waals surface area contributed by atoms with Gasteiger partial charge in [0.25, 0.3) is 0 Å². The standard InChI is InChI=1S/C11H11ClOS/c1-8-3-5-9(6-4-8)10(13)7-11(12)14-2/h3-7H,1-2H3/b11-7-. The topological polar surface area (TPSA) is 17.1 Å². The second-order valence-electron chi connectivity index (χ2n) is 2.88. The molecule has 0 aliphatic rings. The van der Waals surface area contributed by atoms with E-state index in [-0.39, 0.29) is 5.78 Å². The lowest BCUT2D eigenvalue weighted by Crippen LogP contribution is -1.94. The van der Waals surface area contributed by atoms with Crippen molar-refractivity contribution in [2.75, 3.05) is 6.26 Å². The average Bonchev–Trinajstić information content (AvgIpc) is 2.18. The highest BCUT2D eigenvalue weighted by Gasteiger charge is 2.02. The Bertz CT molecular complexity index is 354. The van der Waals surface area contributed by atoms with E-state index in [1.54, 1.807) is 12.1 Å². The highest BCUT2D eigenvalue weighted by Crippen LogP contribution is 2.17. The summed E-state index contributed by atoms with van der Waals surface area (Å²) in [5.41, 5.74) is 1.81. The molecule has 14 heavy (non-hydrogen) atoms. The third kappa shape index (κ3) is 3.20. The zero-order valence-corrected chi connectivity index (χ0v) is 9.65. The van der Waals surface area contributed by atoms with Crippen molar-refractivity contribution in [3.05, 3.63) is 45.8 Å². The lowest BCUT2D eigenvalue weighted by molar-refractivity contribution is 0.104. The van der Waals surface area contributed by atoms with E-state index in [1.807, 2.05) is 25.3 Å². The number of halogens is 1. The van der Waals surface area contributed by atoms with Gasteiger partial charge in [-0.2, -0.15) is 0 Å². The molecule has 0 saturated heterocycles. The summed E-state index contributed by atoms with van der Waals surface area (Å²) in [6.45, 7) is 1.99. The molecule has 0 aliphatic carbocycles. The van der Waals surface area contributed by atoms with E-state index in [9.17, 15) is 4.79 Å². The number of rotatable bonds is 3. The fourth-order valence-electron chi connectivity index (χ4n) is 0.963. The zero-order chi connectivity index (χ0) is 10.6. The van der Waals surface area contributed by atoms with E-state index in [2.05, 4.69) is 0 Å². The lowest BCUT2D eigenvalue weighted by Gasteiger charge is -1.97. The Kier molecular flexibility index (Phi) is 4.23. The quantitative estimate of drug-likeness (QED) is 0.579. The third-order valence-corrected chi connectivity index (χ3v) is 2.86. The minimum atomic E-state index is -0.0515. The van der Waals surface area contributed by atoms with Gasteiger partial charge in [0.05, 0.1) is 4.36 Å². The van der Waals surface area contributed by atoms with Crippen LogP contribution in [-0.4, -0.2) is 12.0 Å². The van der Waals surface area contributed by atoms with Crippen molar-refractivity contribution in [1.29, 1.82) is 0 Å². The maximum Gasteiger partial charge on any atom is 0.187 e. The van der Waals surface area contributed by atoms with Gasteiger partial charge in [-0.1, -0.05) is 41.4 Å². The van der Waals surface area contributed by atoms with Gasteiger partial charge >= 0.3 is 0 Å². The molecule has 3 heteroatoms. The summed E-state index contributed by atoms with van der Waals surface area (Å²) in [7, 11) is 0. The van der Waals surface area contributed by atoms with Gasteiger partial charge in [0.2, 0.25) is 0 Å². The Morgan fingerprint density at radius 2 is 1.93 bits per heavy atom. The van der Waals surface area contributed by atoms with E-state index in [0.29, 0.717) is 9.93 Å². The number of benzene rings is 1. The summed E-state index contributed by atoms with van der Waals surface area (Å²) in [6, 6.07) is 7.43. The summed E-state index contributed by atoms with van der Waals surface area (Å²) in [4.78, 5) is 11.6. The van der Waals surface area contributed by atoms with Crippen molar-refractivity contribution in [2.24, 2.45) is 0 Å². The van der Waals surface area contributed by atoms with Crippen LogP contribution in [0.4, 0.5) is 0 Å². The summed E-state index contributed by atoms with van der Waals surface area (Å²) in [6.07, 6.45) is 3.28. The van der Waals surface area contributed by atoms with Crippen LogP contribution >= 0.6 is 23.4 Å². The predicted molar refractivity (Wildman–Crippen MR) is 63.0 cm³/mol. The van der Waals surface area contributed by atoms with Gasteiger partial charge in [-0.05, 0) is 13.2 Å². The number of aryl methyl sites for hydroxylation is 1. The summed E-state index contributed by atoms with van der Waals surface area (Å²) < 4.78 is 0.510. The Labute approximate surface area is 93.2 Å². The number of thioether (sulfide) groups is 1. The number of carbonyl (C=O) groups is 1. The van der Waals surface area contributed by atoms with Crippen LogP contribution in [0.2, 0.25) is 0 Å². The van der Waals surface area contributed by atoms with Crippen LogP contribution in [0.5, 0.6) is 0 Å². The largest absolute Gasteiger partial charge is 0.289 e. The molecule has 0 aromatic heterocycles. The van der Waals surface area contributed by atoms with Crippen LogP contribution in [0, 0.1) is 6.92 Å². The van der Waals surface area contributed by atoms with Gasteiger partial charge in [-0.25, -0.2) is 0 Å². The fourth-order valence-corrected chi connectivity index (χ4v) is 1.29. The SMILES string of the molecule is CS/C(Cl)=C\C(=O)c1ccc(C)cc1. The second-order valence-corrected chi connectivity index (χ2v) is 4.36. The molecule has 74 valence electrons. The minimum absolute atomic E-state index is 0.0515. The molecule has 1 nitrogen and oxygen atoms in total. The number of ketones is 1. The normalized spacial score (nSPS) is 11.5. The molecule has 0 N–H and O–H groups in total. The number of carbonyl (C=O) groups excluding carboxylic acids is 1. The molecule has 0 spiro atoms. The van der Waals surface area contributed by atoms with Crippen molar-refractivity contribution >= 4 is 29.1 Å². The molecule has 0 heterocycles. The monoisotopic (exact) mass is 226 g/mol. The molecular weight excluding hydrogens is 216 g/mol. The summed E-state index contributed by atoms with van der Waals surface area (Å²) in [5.74, 6) is -0.0515. The van der Waals surface area contributed by atoms with Crippen molar-refractivity contribution in [1.82, 2.24) is 0 Å². The summed E-state index contributed by atoms with van der Waals surface area (Å²) in [5, 5.41) is 0. The Morgan fingerprint density at radius 1 is 1.36 bits per heavy atom. The Morgan fingerprint density at radius 3 is 2.43 bits per heavy atom. The van der Waals surface area contributed by atoms with Gasteiger partial charge in [-0.3, -0.25) is 4.79 Å².